The molecule has 0 bridgehead atoms. The zero-order chi connectivity index (χ0) is 13.0. The fourth-order valence-corrected chi connectivity index (χ4v) is 1.75. The SMILES string of the molecule is CC(=Nc1c(C)cccc1C=O)c1ccncc1. The van der Waals surface area contributed by atoms with Crippen molar-refractivity contribution in [1.29, 1.82) is 0 Å². The van der Waals surface area contributed by atoms with Crippen molar-refractivity contribution >= 4 is 17.7 Å². The summed E-state index contributed by atoms with van der Waals surface area (Å²) in [7, 11) is 0. The number of hydrogen-bond acceptors (Lipinski definition) is 3. The van der Waals surface area contributed by atoms with Gasteiger partial charge in [0.1, 0.15) is 0 Å². The van der Waals surface area contributed by atoms with Gasteiger partial charge in [-0.2, -0.15) is 0 Å². The lowest BCUT2D eigenvalue weighted by molar-refractivity contribution is 0.112. The summed E-state index contributed by atoms with van der Waals surface area (Å²) in [5, 5.41) is 0. The Kier molecular flexibility index (Phi) is 3.63. The predicted octanol–water partition coefficient (Wildman–Crippen LogP) is 3.34. The Labute approximate surface area is 106 Å². The molecule has 0 aliphatic carbocycles. The highest BCUT2D eigenvalue weighted by Gasteiger charge is 2.04. The summed E-state index contributed by atoms with van der Waals surface area (Å²) in [5.41, 5.74) is 4.22. The van der Waals surface area contributed by atoms with Crippen LogP contribution in [-0.2, 0) is 0 Å². The molecule has 1 heterocycles. The van der Waals surface area contributed by atoms with E-state index in [2.05, 4.69) is 9.98 Å². The molecular weight excluding hydrogens is 224 g/mol. The first kappa shape index (κ1) is 12.2. The van der Waals surface area contributed by atoms with E-state index in [0.717, 1.165) is 28.8 Å². The fraction of sp³-hybridized carbons (Fsp3) is 0.133. The smallest absolute Gasteiger partial charge is 0.152 e. The molecule has 2 rings (SSSR count). The highest BCUT2D eigenvalue weighted by Crippen LogP contribution is 2.23. The molecule has 3 heteroatoms. The number of aromatic nitrogens is 1. The molecule has 0 aliphatic rings. The van der Waals surface area contributed by atoms with Gasteiger partial charge in [-0.3, -0.25) is 14.8 Å². The molecule has 2 aromatic rings. The molecule has 0 aliphatic heterocycles. The van der Waals surface area contributed by atoms with E-state index >= 15 is 0 Å². The van der Waals surface area contributed by atoms with E-state index in [9.17, 15) is 4.79 Å². The second-order valence-corrected chi connectivity index (χ2v) is 4.06. The summed E-state index contributed by atoms with van der Waals surface area (Å²) in [6, 6.07) is 9.39. The van der Waals surface area contributed by atoms with Crippen LogP contribution >= 0.6 is 0 Å². The molecule has 0 unspecified atom stereocenters. The number of para-hydroxylation sites is 1. The van der Waals surface area contributed by atoms with Gasteiger partial charge in [0.2, 0.25) is 0 Å². The van der Waals surface area contributed by atoms with E-state index in [1.807, 2.05) is 38.1 Å². The van der Waals surface area contributed by atoms with Gasteiger partial charge in [0.25, 0.3) is 0 Å². The predicted molar refractivity (Wildman–Crippen MR) is 72.7 cm³/mol. The third-order valence-corrected chi connectivity index (χ3v) is 2.77. The van der Waals surface area contributed by atoms with Crippen molar-refractivity contribution in [3.63, 3.8) is 0 Å². The molecule has 0 radical (unpaired) electrons. The number of nitrogens with zero attached hydrogens (tertiary/aromatic N) is 2. The molecule has 3 nitrogen and oxygen atoms in total. The number of carbonyl (C=O) groups excluding carboxylic acids is 1. The number of aldehydes is 1. The van der Waals surface area contributed by atoms with Crippen LogP contribution in [0.3, 0.4) is 0 Å². The molecule has 0 atom stereocenters. The number of carbonyl (C=O) groups is 1. The van der Waals surface area contributed by atoms with Crippen LogP contribution < -0.4 is 0 Å². The van der Waals surface area contributed by atoms with Crippen molar-refractivity contribution in [3.05, 3.63) is 59.4 Å². The first-order chi connectivity index (χ1) is 8.72. The van der Waals surface area contributed by atoms with Crippen LogP contribution in [0.5, 0.6) is 0 Å². The van der Waals surface area contributed by atoms with E-state index in [0.29, 0.717) is 5.56 Å². The van der Waals surface area contributed by atoms with Gasteiger partial charge in [0.15, 0.2) is 6.29 Å². The van der Waals surface area contributed by atoms with E-state index < -0.39 is 0 Å². The van der Waals surface area contributed by atoms with Crippen LogP contribution in [0.25, 0.3) is 0 Å². The van der Waals surface area contributed by atoms with Crippen molar-refractivity contribution in [2.45, 2.75) is 13.8 Å². The van der Waals surface area contributed by atoms with Crippen molar-refractivity contribution in [3.8, 4) is 0 Å². The summed E-state index contributed by atoms with van der Waals surface area (Å²) < 4.78 is 0. The van der Waals surface area contributed by atoms with Gasteiger partial charge in [0, 0.05) is 23.7 Å². The first-order valence-corrected chi connectivity index (χ1v) is 5.73. The zero-order valence-electron chi connectivity index (χ0n) is 10.4. The van der Waals surface area contributed by atoms with Gasteiger partial charge in [-0.25, -0.2) is 0 Å². The van der Waals surface area contributed by atoms with E-state index in [-0.39, 0.29) is 0 Å². The minimum absolute atomic E-state index is 0.614. The maximum atomic E-state index is 11.0. The molecule has 1 aromatic heterocycles. The molecule has 18 heavy (non-hydrogen) atoms. The van der Waals surface area contributed by atoms with Crippen molar-refractivity contribution in [1.82, 2.24) is 4.98 Å². The number of rotatable bonds is 3. The normalized spacial score (nSPS) is 11.3. The largest absolute Gasteiger partial charge is 0.298 e. The van der Waals surface area contributed by atoms with Crippen LogP contribution in [0.4, 0.5) is 5.69 Å². The van der Waals surface area contributed by atoms with Gasteiger partial charge in [0.05, 0.1) is 5.69 Å². The lowest BCUT2D eigenvalue weighted by atomic mass is 10.1. The average molecular weight is 238 g/mol. The quantitative estimate of drug-likeness (QED) is 0.608. The Balaban J connectivity index is 2.48. The monoisotopic (exact) mass is 238 g/mol. The topological polar surface area (TPSA) is 42.3 Å². The highest BCUT2D eigenvalue weighted by molar-refractivity contribution is 6.01. The minimum atomic E-state index is 0.614. The molecular formula is C15H14N2O. The second-order valence-electron chi connectivity index (χ2n) is 4.06. The summed E-state index contributed by atoms with van der Waals surface area (Å²) in [6.45, 7) is 3.88. The Morgan fingerprint density at radius 2 is 1.94 bits per heavy atom. The van der Waals surface area contributed by atoms with Crippen molar-refractivity contribution in [2.24, 2.45) is 4.99 Å². The highest BCUT2D eigenvalue weighted by atomic mass is 16.1. The summed E-state index contributed by atoms with van der Waals surface area (Å²) in [5.74, 6) is 0. The van der Waals surface area contributed by atoms with Crippen LogP contribution in [0.1, 0.15) is 28.4 Å². The first-order valence-electron chi connectivity index (χ1n) is 5.73. The van der Waals surface area contributed by atoms with Gasteiger partial charge < -0.3 is 0 Å². The van der Waals surface area contributed by atoms with Crippen LogP contribution in [0.2, 0.25) is 0 Å². The van der Waals surface area contributed by atoms with Crippen molar-refractivity contribution < 1.29 is 4.79 Å². The maximum Gasteiger partial charge on any atom is 0.152 e. The fourth-order valence-electron chi connectivity index (χ4n) is 1.75. The lowest BCUT2D eigenvalue weighted by Gasteiger charge is -2.05. The number of aryl methyl sites for hydroxylation is 1. The third-order valence-electron chi connectivity index (χ3n) is 2.77. The van der Waals surface area contributed by atoms with E-state index in [4.69, 9.17) is 0 Å². The Morgan fingerprint density at radius 1 is 1.22 bits per heavy atom. The van der Waals surface area contributed by atoms with Crippen molar-refractivity contribution in [2.75, 3.05) is 0 Å². The number of pyridine rings is 1. The van der Waals surface area contributed by atoms with Gasteiger partial charge in [-0.05, 0) is 43.2 Å². The molecule has 0 amide bonds. The summed E-state index contributed by atoms with van der Waals surface area (Å²) in [4.78, 5) is 19.6. The van der Waals surface area contributed by atoms with Crippen LogP contribution in [0, 0.1) is 6.92 Å². The van der Waals surface area contributed by atoms with Gasteiger partial charge in [-0.1, -0.05) is 12.1 Å². The third kappa shape index (κ3) is 2.51. The molecule has 0 fully saturated rings. The standard InChI is InChI=1S/C15H14N2O/c1-11-4-3-5-14(10-18)15(11)17-12(2)13-6-8-16-9-7-13/h3-10H,1-2H3. The summed E-state index contributed by atoms with van der Waals surface area (Å²) in [6.07, 6.45) is 4.30. The van der Waals surface area contributed by atoms with Crippen LogP contribution in [-0.4, -0.2) is 17.0 Å². The molecule has 90 valence electrons. The second kappa shape index (κ2) is 5.36. The van der Waals surface area contributed by atoms with E-state index in [1.54, 1.807) is 18.5 Å². The average Bonchev–Trinajstić information content (AvgIpc) is 2.42. The minimum Gasteiger partial charge on any atom is -0.298 e. The Morgan fingerprint density at radius 3 is 2.61 bits per heavy atom. The Hall–Kier alpha value is -2.29. The van der Waals surface area contributed by atoms with Crippen LogP contribution in [0.15, 0.2) is 47.7 Å². The molecule has 0 saturated carbocycles. The van der Waals surface area contributed by atoms with Gasteiger partial charge >= 0.3 is 0 Å². The molecule has 0 saturated heterocycles. The molecule has 0 spiro atoms. The van der Waals surface area contributed by atoms with E-state index in [1.165, 1.54) is 0 Å². The number of benzene rings is 1. The molecule has 1 aromatic carbocycles. The zero-order valence-corrected chi connectivity index (χ0v) is 10.4. The maximum absolute atomic E-state index is 11.0. The van der Waals surface area contributed by atoms with Gasteiger partial charge in [-0.15, -0.1) is 0 Å². The Bertz CT molecular complexity index is 589. The number of aliphatic imine (C=N–C) groups is 1. The lowest BCUT2D eigenvalue weighted by Crippen LogP contribution is -1.95. The molecule has 0 N–H and O–H groups in total. The summed E-state index contributed by atoms with van der Waals surface area (Å²) >= 11 is 0. The number of hydrogen-bond donors (Lipinski definition) is 0.